The number of carbonyl (C=O) groups is 1. The number of nitrogen functional groups attached to an aromatic ring is 1. The molecule has 6 heteroatoms. The number of anilines is 1. The van der Waals surface area contributed by atoms with Gasteiger partial charge in [0.2, 0.25) is 5.79 Å². The second kappa shape index (κ2) is 4.91. The number of carbonyl (C=O) groups excluding carboxylic acids is 1. The first-order chi connectivity index (χ1) is 10.4. The number of rotatable bonds is 2. The molecule has 114 valence electrons. The van der Waals surface area contributed by atoms with Crippen LogP contribution in [0.25, 0.3) is 0 Å². The molecule has 1 aliphatic heterocycles. The normalized spacial score (nSPS) is 15.5. The van der Waals surface area contributed by atoms with Crippen LogP contribution in [0.1, 0.15) is 24.2 Å². The predicted octanol–water partition coefficient (Wildman–Crippen LogP) is 3.49. The predicted molar refractivity (Wildman–Crippen MR) is 77.5 cm³/mol. The van der Waals surface area contributed by atoms with Crippen molar-refractivity contribution in [1.82, 2.24) is 0 Å². The number of ether oxygens (including phenoxy) is 3. The van der Waals surface area contributed by atoms with Crippen LogP contribution in [0.5, 0.6) is 17.2 Å². The first-order valence-corrected chi connectivity index (χ1v) is 6.64. The van der Waals surface area contributed by atoms with Crippen LogP contribution in [-0.2, 0) is 4.74 Å². The van der Waals surface area contributed by atoms with Crippen LogP contribution < -0.4 is 15.2 Å². The van der Waals surface area contributed by atoms with E-state index < -0.39 is 17.6 Å². The average Bonchev–Trinajstić information content (AvgIpc) is 2.40. The second-order valence-electron chi connectivity index (χ2n) is 5.30. The highest BCUT2D eigenvalue weighted by atomic mass is 19.1. The summed E-state index contributed by atoms with van der Waals surface area (Å²) in [5.74, 6) is -1.23. The molecule has 22 heavy (non-hydrogen) atoms. The fraction of sp³-hybridized carbons (Fsp3) is 0.188. The van der Waals surface area contributed by atoms with Crippen molar-refractivity contribution in [2.45, 2.75) is 19.6 Å². The highest BCUT2D eigenvalue weighted by Crippen LogP contribution is 2.39. The van der Waals surface area contributed by atoms with Crippen molar-refractivity contribution in [3.05, 3.63) is 47.8 Å². The van der Waals surface area contributed by atoms with E-state index in [-0.39, 0.29) is 22.7 Å². The van der Waals surface area contributed by atoms with Crippen LogP contribution in [0.3, 0.4) is 0 Å². The van der Waals surface area contributed by atoms with E-state index >= 15 is 0 Å². The molecule has 0 bridgehead atoms. The smallest absolute Gasteiger partial charge is 0.349 e. The molecule has 0 amide bonds. The van der Waals surface area contributed by atoms with Crippen molar-refractivity contribution in [3.8, 4) is 17.2 Å². The van der Waals surface area contributed by atoms with Crippen molar-refractivity contribution < 1.29 is 23.4 Å². The zero-order valence-electron chi connectivity index (χ0n) is 12.1. The largest absolute Gasteiger partial charge is 0.454 e. The number of hydrogen-bond acceptors (Lipinski definition) is 5. The minimum atomic E-state index is -1.04. The molecule has 0 aliphatic carbocycles. The summed E-state index contributed by atoms with van der Waals surface area (Å²) in [5, 5.41) is 0. The van der Waals surface area contributed by atoms with Gasteiger partial charge in [-0.3, -0.25) is 0 Å². The molecule has 0 saturated carbocycles. The van der Waals surface area contributed by atoms with Gasteiger partial charge in [0.25, 0.3) is 0 Å². The number of cyclic esters (lactones) is 1. The standard InChI is InChI=1S/C16H14FNO4/c1-16(2)21-13-5-3-4-12(14(13)15(19)22-16)20-11-7-6-9(17)8-10(11)18/h3-8H,18H2,1-2H3. The van der Waals surface area contributed by atoms with Gasteiger partial charge in [-0.2, -0.15) is 0 Å². The lowest BCUT2D eigenvalue weighted by Crippen LogP contribution is -2.38. The second-order valence-corrected chi connectivity index (χ2v) is 5.30. The molecule has 2 aromatic carbocycles. The van der Waals surface area contributed by atoms with E-state index in [1.807, 2.05) is 0 Å². The van der Waals surface area contributed by atoms with E-state index in [9.17, 15) is 9.18 Å². The Labute approximate surface area is 126 Å². The fourth-order valence-corrected chi connectivity index (χ4v) is 2.17. The molecule has 0 saturated heterocycles. The van der Waals surface area contributed by atoms with Gasteiger partial charge in [-0.1, -0.05) is 6.07 Å². The fourth-order valence-electron chi connectivity index (χ4n) is 2.17. The van der Waals surface area contributed by atoms with Gasteiger partial charge in [-0.25, -0.2) is 9.18 Å². The van der Waals surface area contributed by atoms with Gasteiger partial charge in [-0.15, -0.1) is 0 Å². The van der Waals surface area contributed by atoms with Crippen molar-refractivity contribution >= 4 is 11.7 Å². The van der Waals surface area contributed by atoms with Gasteiger partial charge in [0.1, 0.15) is 22.9 Å². The van der Waals surface area contributed by atoms with Gasteiger partial charge in [0.05, 0.1) is 5.69 Å². The van der Waals surface area contributed by atoms with Crippen LogP contribution >= 0.6 is 0 Å². The first kappa shape index (κ1) is 14.2. The molecular weight excluding hydrogens is 289 g/mol. The Bertz CT molecular complexity index is 758. The molecular formula is C16H14FNO4. The number of nitrogens with two attached hydrogens (primary N) is 1. The monoisotopic (exact) mass is 303 g/mol. The van der Waals surface area contributed by atoms with E-state index in [0.717, 1.165) is 6.07 Å². The van der Waals surface area contributed by atoms with Crippen LogP contribution in [0.15, 0.2) is 36.4 Å². The zero-order chi connectivity index (χ0) is 15.9. The highest BCUT2D eigenvalue weighted by Gasteiger charge is 2.36. The molecule has 0 spiro atoms. The summed E-state index contributed by atoms with van der Waals surface area (Å²) >= 11 is 0. The third-order valence-corrected chi connectivity index (χ3v) is 3.08. The Kier molecular flexibility index (Phi) is 3.16. The number of fused-ring (bicyclic) bond motifs is 1. The summed E-state index contributed by atoms with van der Waals surface area (Å²) < 4.78 is 29.5. The molecule has 0 radical (unpaired) electrons. The highest BCUT2D eigenvalue weighted by molar-refractivity contribution is 5.96. The van der Waals surface area contributed by atoms with E-state index in [1.165, 1.54) is 12.1 Å². The molecule has 5 nitrogen and oxygen atoms in total. The lowest BCUT2D eigenvalue weighted by molar-refractivity contribution is -0.127. The Morgan fingerprint density at radius 2 is 1.91 bits per heavy atom. The van der Waals surface area contributed by atoms with Gasteiger partial charge >= 0.3 is 5.97 Å². The van der Waals surface area contributed by atoms with Crippen LogP contribution in [0, 0.1) is 5.82 Å². The van der Waals surface area contributed by atoms with Crippen molar-refractivity contribution in [3.63, 3.8) is 0 Å². The Hall–Kier alpha value is -2.76. The van der Waals surface area contributed by atoms with Gasteiger partial charge in [0, 0.05) is 19.9 Å². The molecule has 0 fully saturated rings. The maximum Gasteiger partial charge on any atom is 0.349 e. The molecule has 0 aromatic heterocycles. The SMILES string of the molecule is CC1(C)OC(=O)c2c(Oc3ccc(F)cc3N)cccc2O1. The summed E-state index contributed by atoms with van der Waals surface area (Å²) in [6.45, 7) is 3.28. The molecule has 1 heterocycles. The maximum atomic E-state index is 13.1. The number of benzene rings is 2. The molecule has 1 aliphatic rings. The van der Waals surface area contributed by atoms with Crippen molar-refractivity contribution in [2.24, 2.45) is 0 Å². The number of halogens is 1. The lowest BCUT2D eigenvalue weighted by atomic mass is 10.1. The van der Waals surface area contributed by atoms with E-state index in [0.29, 0.717) is 5.75 Å². The Balaban J connectivity index is 2.01. The van der Waals surface area contributed by atoms with Gasteiger partial charge in [0.15, 0.2) is 5.75 Å². The molecule has 0 unspecified atom stereocenters. The summed E-state index contributed by atoms with van der Waals surface area (Å²) in [5.41, 5.74) is 6.01. The summed E-state index contributed by atoms with van der Waals surface area (Å²) in [6, 6.07) is 8.68. The molecule has 2 aromatic rings. The van der Waals surface area contributed by atoms with E-state index in [2.05, 4.69) is 0 Å². The molecule has 2 N–H and O–H groups in total. The topological polar surface area (TPSA) is 70.8 Å². The van der Waals surface area contributed by atoms with Crippen molar-refractivity contribution in [1.29, 1.82) is 0 Å². The van der Waals surface area contributed by atoms with E-state index in [1.54, 1.807) is 32.0 Å². The minimum Gasteiger partial charge on any atom is -0.454 e. The van der Waals surface area contributed by atoms with Crippen LogP contribution in [0.4, 0.5) is 10.1 Å². The van der Waals surface area contributed by atoms with E-state index in [4.69, 9.17) is 19.9 Å². The molecule has 0 atom stereocenters. The zero-order valence-corrected chi connectivity index (χ0v) is 12.1. The first-order valence-electron chi connectivity index (χ1n) is 6.64. The van der Waals surface area contributed by atoms with Gasteiger partial charge < -0.3 is 19.9 Å². The Morgan fingerprint density at radius 1 is 1.14 bits per heavy atom. The summed E-state index contributed by atoms with van der Waals surface area (Å²) in [7, 11) is 0. The minimum absolute atomic E-state index is 0.128. The maximum absolute atomic E-state index is 13.1. The summed E-state index contributed by atoms with van der Waals surface area (Å²) in [6.07, 6.45) is 0. The number of esters is 1. The average molecular weight is 303 g/mol. The third kappa shape index (κ3) is 2.55. The van der Waals surface area contributed by atoms with Crippen molar-refractivity contribution in [2.75, 3.05) is 5.73 Å². The molecule has 3 rings (SSSR count). The lowest BCUT2D eigenvalue weighted by Gasteiger charge is -2.32. The Morgan fingerprint density at radius 3 is 2.64 bits per heavy atom. The van der Waals surface area contributed by atoms with Crippen LogP contribution in [-0.4, -0.2) is 11.8 Å². The number of hydrogen-bond donors (Lipinski definition) is 1. The third-order valence-electron chi connectivity index (χ3n) is 3.08. The quantitative estimate of drug-likeness (QED) is 0.679. The van der Waals surface area contributed by atoms with Gasteiger partial charge in [-0.05, 0) is 24.3 Å². The summed E-state index contributed by atoms with van der Waals surface area (Å²) in [4.78, 5) is 12.2. The van der Waals surface area contributed by atoms with Crippen LogP contribution in [0.2, 0.25) is 0 Å².